The van der Waals surface area contributed by atoms with Gasteiger partial charge in [0.05, 0.1) is 11.6 Å². The second-order valence-electron chi connectivity index (χ2n) is 7.59. The van der Waals surface area contributed by atoms with Crippen molar-refractivity contribution >= 4 is 23.4 Å². The van der Waals surface area contributed by atoms with Crippen LogP contribution in [0.15, 0.2) is 63.6 Å². The molecule has 2 aromatic carbocycles. The molecule has 2 heterocycles. The van der Waals surface area contributed by atoms with Gasteiger partial charge in [0.15, 0.2) is 0 Å². The van der Waals surface area contributed by atoms with Gasteiger partial charge in [-0.15, -0.1) is 11.8 Å². The molecule has 0 fully saturated rings. The number of rotatable bonds is 7. The van der Waals surface area contributed by atoms with Gasteiger partial charge in [-0.1, -0.05) is 30.6 Å². The number of hydrogen-bond acceptors (Lipinski definition) is 5. The van der Waals surface area contributed by atoms with Crippen molar-refractivity contribution in [3.63, 3.8) is 0 Å². The van der Waals surface area contributed by atoms with Gasteiger partial charge in [0.25, 0.3) is 5.89 Å². The van der Waals surface area contributed by atoms with Crippen molar-refractivity contribution in [3.05, 3.63) is 71.5 Å². The topological polar surface area (TPSA) is 71.3 Å². The number of nitrogens with one attached hydrogen (secondary N) is 1. The largest absolute Gasteiger partial charge is 0.334 e. The van der Waals surface area contributed by atoms with E-state index in [0.29, 0.717) is 23.8 Å². The summed E-state index contributed by atoms with van der Waals surface area (Å²) in [4.78, 5) is 20.4. The number of nitrogens with zero attached hydrogens (tertiary/aromatic N) is 3. The Balaban J connectivity index is 1.77. The Morgan fingerprint density at radius 2 is 1.88 bits per heavy atom. The highest BCUT2D eigenvalue weighted by molar-refractivity contribution is 7.98. The van der Waals surface area contributed by atoms with Crippen LogP contribution in [0.5, 0.6) is 0 Å². The molecule has 4 rings (SSSR count). The predicted octanol–water partition coefficient (Wildman–Crippen LogP) is 5.90. The summed E-state index contributed by atoms with van der Waals surface area (Å²) in [5.41, 5.74) is 3.14. The molecule has 1 aliphatic heterocycles. The number of halogens is 1. The van der Waals surface area contributed by atoms with Crippen LogP contribution in [-0.4, -0.2) is 33.9 Å². The molecule has 8 heteroatoms. The van der Waals surface area contributed by atoms with Crippen molar-refractivity contribution in [3.8, 4) is 11.4 Å². The molecule has 1 aromatic heterocycles. The van der Waals surface area contributed by atoms with Crippen LogP contribution in [0.2, 0.25) is 0 Å². The van der Waals surface area contributed by atoms with Gasteiger partial charge in [-0.3, -0.25) is 4.90 Å². The molecule has 1 unspecified atom stereocenters. The van der Waals surface area contributed by atoms with E-state index >= 15 is 0 Å². The Kier molecular flexibility index (Phi) is 6.60. The van der Waals surface area contributed by atoms with Crippen molar-refractivity contribution < 1.29 is 13.7 Å². The molecule has 166 valence electrons. The number of unbranched alkanes of at least 4 members (excludes halogenated alkanes) is 1. The number of urea groups is 1. The van der Waals surface area contributed by atoms with Crippen LogP contribution in [0.25, 0.3) is 17.0 Å². The lowest BCUT2D eigenvalue weighted by Gasteiger charge is -2.35. The van der Waals surface area contributed by atoms with Gasteiger partial charge in [0.2, 0.25) is 5.82 Å². The zero-order chi connectivity index (χ0) is 22.7. The highest BCUT2D eigenvalue weighted by atomic mass is 32.2. The van der Waals surface area contributed by atoms with E-state index in [2.05, 4.69) is 22.4 Å². The van der Waals surface area contributed by atoms with E-state index in [1.165, 1.54) is 12.1 Å². The van der Waals surface area contributed by atoms with E-state index in [-0.39, 0.29) is 11.8 Å². The molecular formula is C24H25FN4O2S. The molecule has 3 aromatic rings. The van der Waals surface area contributed by atoms with Crippen molar-refractivity contribution in [2.75, 3.05) is 12.8 Å². The Labute approximate surface area is 190 Å². The first-order chi connectivity index (χ1) is 15.5. The molecular weight excluding hydrogens is 427 g/mol. The number of carbonyl (C=O) groups is 1. The van der Waals surface area contributed by atoms with Crippen LogP contribution in [-0.2, 0) is 0 Å². The van der Waals surface area contributed by atoms with Crippen LogP contribution in [0.1, 0.15) is 44.2 Å². The smallest absolute Gasteiger partial charge is 0.322 e. The van der Waals surface area contributed by atoms with Crippen LogP contribution in [0.3, 0.4) is 0 Å². The lowest BCUT2D eigenvalue weighted by molar-refractivity contribution is 0.204. The Morgan fingerprint density at radius 3 is 2.53 bits per heavy atom. The molecule has 0 radical (unpaired) electrons. The first-order valence-electron chi connectivity index (χ1n) is 10.5. The zero-order valence-electron chi connectivity index (χ0n) is 18.3. The summed E-state index contributed by atoms with van der Waals surface area (Å²) in [7, 11) is 0. The number of aromatic nitrogens is 2. The van der Waals surface area contributed by atoms with Crippen LogP contribution < -0.4 is 5.32 Å². The number of carbonyl (C=O) groups excluding carboxylic acids is 1. The molecule has 0 spiro atoms. The van der Waals surface area contributed by atoms with E-state index in [4.69, 9.17) is 4.52 Å². The van der Waals surface area contributed by atoms with E-state index in [0.717, 1.165) is 34.6 Å². The highest BCUT2D eigenvalue weighted by Crippen LogP contribution is 2.37. The number of allylic oxidation sites excluding steroid dienone is 1. The molecule has 0 aliphatic carbocycles. The highest BCUT2D eigenvalue weighted by Gasteiger charge is 2.35. The average molecular weight is 453 g/mol. The van der Waals surface area contributed by atoms with Crippen molar-refractivity contribution in [2.45, 2.75) is 37.6 Å². The van der Waals surface area contributed by atoms with E-state index < -0.39 is 6.04 Å². The fourth-order valence-corrected chi connectivity index (χ4v) is 4.15. The summed E-state index contributed by atoms with van der Waals surface area (Å²) in [6.07, 6.45) is 3.88. The molecule has 0 saturated carbocycles. The van der Waals surface area contributed by atoms with Crippen LogP contribution in [0.4, 0.5) is 9.18 Å². The summed E-state index contributed by atoms with van der Waals surface area (Å²) < 4.78 is 19.0. The first-order valence-corrected chi connectivity index (χ1v) is 11.8. The van der Waals surface area contributed by atoms with E-state index in [9.17, 15) is 9.18 Å². The second-order valence-corrected chi connectivity index (χ2v) is 8.47. The number of benzene rings is 2. The summed E-state index contributed by atoms with van der Waals surface area (Å²) in [5, 5.41) is 7.22. The van der Waals surface area contributed by atoms with Crippen molar-refractivity contribution in [2.24, 2.45) is 0 Å². The third-order valence-corrected chi connectivity index (χ3v) is 6.28. The summed E-state index contributed by atoms with van der Waals surface area (Å²) in [5.74, 6) is 0.377. The number of thioether (sulfide) groups is 1. The third kappa shape index (κ3) is 4.41. The predicted molar refractivity (Wildman–Crippen MR) is 123 cm³/mol. The monoisotopic (exact) mass is 452 g/mol. The molecule has 2 amide bonds. The maximum Gasteiger partial charge on any atom is 0.322 e. The SMILES string of the molecule is CCCCN1C(=O)NC(c2ccc(SC)cc2)C(c2nc(-c3ccc(F)cc3)no2)=C1C. The molecule has 0 saturated heterocycles. The molecule has 1 aliphatic rings. The molecule has 32 heavy (non-hydrogen) atoms. The van der Waals surface area contributed by atoms with Gasteiger partial charge in [0.1, 0.15) is 5.82 Å². The van der Waals surface area contributed by atoms with Gasteiger partial charge < -0.3 is 9.84 Å². The van der Waals surface area contributed by atoms with Gasteiger partial charge in [0, 0.05) is 22.7 Å². The standard InChI is InChI=1S/C24H25FN4O2S/c1-4-5-14-29-15(2)20(21(26-24(29)30)16-8-12-19(32-3)13-9-16)23-27-22(28-31-23)17-6-10-18(25)11-7-17/h6-13,21H,4-5,14H2,1-3H3,(H,26,30). The minimum absolute atomic E-state index is 0.142. The number of hydrogen-bond donors (Lipinski definition) is 1. The Hall–Kier alpha value is -3.13. The van der Waals surface area contributed by atoms with Gasteiger partial charge >= 0.3 is 6.03 Å². The van der Waals surface area contributed by atoms with Crippen molar-refractivity contribution in [1.29, 1.82) is 0 Å². The minimum Gasteiger partial charge on any atom is -0.334 e. The second kappa shape index (κ2) is 9.56. The Morgan fingerprint density at radius 1 is 1.16 bits per heavy atom. The van der Waals surface area contributed by atoms with E-state index in [1.807, 2.05) is 37.4 Å². The lowest BCUT2D eigenvalue weighted by Crippen LogP contribution is -2.46. The van der Waals surface area contributed by atoms with Gasteiger partial charge in [-0.25, -0.2) is 9.18 Å². The fraction of sp³-hybridized carbons (Fsp3) is 0.292. The van der Waals surface area contributed by atoms with E-state index in [1.54, 1.807) is 28.8 Å². The Bertz CT molecular complexity index is 1130. The lowest BCUT2D eigenvalue weighted by atomic mass is 9.94. The summed E-state index contributed by atoms with van der Waals surface area (Å²) in [6, 6.07) is 13.4. The first kappa shape index (κ1) is 22.1. The quantitative estimate of drug-likeness (QED) is 0.452. The third-order valence-electron chi connectivity index (χ3n) is 5.54. The minimum atomic E-state index is -0.419. The van der Waals surface area contributed by atoms with Crippen LogP contribution >= 0.6 is 11.8 Å². The zero-order valence-corrected chi connectivity index (χ0v) is 19.1. The van der Waals surface area contributed by atoms with Gasteiger partial charge in [-0.2, -0.15) is 4.98 Å². The summed E-state index contributed by atoms with van der Waals surface area (Å²) in [6.45, 7) is 4.61. The fourth-order valence-electron chi connectivity index (χ4n) is 3.74. The molecule has 6 nitrogen and oxygen atoms in total. The summed E-state index contributed by atoms with van der Waals surface area (Å²) >= 11 is 1.66. The molecule has 1 N–H and O–H groups in total. The van der Waals surface area contributed by atoms with Gasteiger partial charge in [-0.05, 0) is 61.6 Å². The number of amides is 2. The average Bonchev–Trinajstić information content (AvgIpc) is 3.29. The maximum absolute atomic E-state index is 13.3. The van der Waals surface area contributed by atoms with Crippen molar-refractivity contribution in [1.82, 2.24) is 20.4 Å². The normalized spacial score (nSPS) is 16.4. The van der Waals surface area contributed by atoms with Crippen LogP contribution in [0, 0.1) is 5.82 Å². The molecule has 0 bridgehead atoms. The maximum atomic E-state index is 13.3. The molecule has 1 atom stereocenters.